The zero-order valence-electron chi connectivity index (χ0n) is 10.8. The second-order valence-corrected chi connectivity index (χ2v) is 4.23. The van der Waals surface area contributed by atoms with E-state index >= 15 is 0 Å². The number of rotatable bonds is 8. The molecule has 0 aliphatic carbocycles. The summed E-state index contributed by atoms with van der Waals surface area (Å²) in [4.78, 5) is 11.1. The van der Waals surface area contributed by atoms with Gasteiger partial charge in [0, 0.05) is 12.8 Å². The van der Waals surface area contributed by atoms with E-state index in [0.717, 1.165) is 24.8 Å². The number of aliphatic hydroxyl groups excluding tert-OH is 1. The summed E-state index contributed by atoms with van der Waals surface area (Å²) in [7, 11) is 0. The lowest BCUT2D eigenvalue weighted by Crippen LogP contribution is -1.93. The Morgan fingerprint density at radius 1 is 1.06 bits per heavy atom. The first kappa shape index (κ1) is 15.1. The van der Waals surface area contributed by atoms with E-state index in [4.69, 9.17) is 5.11 Å². The Labute approximate surface area is 99.1 Å². The number of carbonyl (C=O) groups excluding carboxylic acids is 1. The van der Waals surface area contributed by atoms with Gasteiger partial charge in [-0.15, -0.1) is 0 Å². The lowest BCUT2D eigenvalue weighted by molar-refractivity contribution is -0.118. The van der Waals surface area contributed by atoms with Crippen molar-refractivity contribution in [1.82, 2.24) is 0 Å². The molecule has 0 spiro atoms. The van der Waals surface area contributed by atoms with Crippen molar-refractivity contribution in [3.05, 3.63) is 23.3 Å². The van der Waals surface area contributed by atoms with Gasteiger partial charge in [0.05, 0.1) is 6.61 Å². The summed E-state index contributed by atoms with van der Waals surface area (Å²) in [6.07, 6.45) is 8.37. The minimum atomic E-state index is 0.147. The number of allylic oxidation sites excluding steroid dienone is 3. The molecule has 0 aliphatic rings. The molecule has 0 unspecified atom stereocenters. The molecule has 0 aromatic heterocycles. The molecule has 0 atom stereocenters. The lowest BCUT2D eigenvalue weighted by Gasteiger charge is -2.00. The van der Waals surface area contributed by atoms with E-state index in [2.05, 4.69) is 19.1 Å². The summed E-state index contributed by atoms with van der Waals surface area (Å²) >= 11 is 0. The molecule has 1 N–H and O–H groups in total. The van der Waals surface area contributed by atoms with Crippen LogP contribution in [0, 0.1) is 0 Å². The van der Waals surface area contributed by atoms with E-state index < -0.39 is 0 Å². The monoisotopic (exact) mass is 224 g/mol. The molecule has 2 heteroatoms. The van der Waals surface area contributed by atoms with Gasteiger partial charge in [0.25, 0.3) is 0 Å². The molecule has 0 radical (unpaired) electrons. The molecule has 0 saturated carbocycles. The number of carbonyl (C=O) groups is 1. The van der Waals surface area contributed by atoms with Gasteiger partial charge in [-0.3, -0.25) is 4.79 Å². The van der Waals surface area contributed by atoms with Crippen molar-refractivity contribution < 1.29 is 9.90 Å². The molecule has 0 bridgehead atoms. The first-order chi connectivity index (χ1) is 7.60. The van der Waals surface area contributed by atoms with Gasteiger partial charge in [-0.2, -0.15) is 0 Å². The van der Waals surface area contributed by atoms with Gasteiger partial charge in [-0.05, 0) is 33.1 Å². The molecule has 2 nitrogen and oxygen atoms in total. The Balaban J connectivity index is 3.75. The van der Waals surface area contributed by atoms with Gasteiger partial charge in [-0.1, -0.05) is 30.2 Å². The zero-order valence-corrected chi connectivity index (χ0v) is 10.8. The normalized spacial score (nSPS) is 13.0. The maximum atomic E-state index is 11.1. The average molecular weight is 224 g/mol. The quantitative estimate of drug-likeness (QED) is 0.641. The van der Waals surface area contributed by atoms with E-state index in [1.807, 2.05) is 13.8 Å². The highest BCUT2D eigenvalue weighted by Crippen LogP contribution is 2.09. The maximum Gasteiger partial charge on any atom is 0.132 e. The highest BCUT2D eigenvalue weighted by molar-refractivity contribution is 5.78. The third-order valence-corrected chi connectivity index (χ3v) is 2.59. The van der Waals surface area contributed by atoms with Gasteiger partial charge in [0.1, 0.15) is 5.78 Å². The molecule has 0 aliphatic heterocycles. The molecule has 0 aromatic carbocycles. The van der Waals surface area contributed by atoms with Crippen molar-refractivity contribution in [3.8, 4) is 0 Å². The van der Waals surface area contributed by atoms with Crippen LogP contribution in [0.25, 0.3) is 0 Å². The Morgan fingerprint density at radius 2 is 1.62 bits per heavy atom. The summed E-state index contributed by atoms with van der Waals surface area (Å²) < 4.78 is 0. The van der Waals surface area contributed by atoms with Crippen LogP contribution in [0.4, 0.5) is 0 Å². The third kappa shape index (κ3) is 8.42. The molecule has 0 amide bonds. The van der Waals surface area contributed by atoms with Crippen molar-refractivity contribution in [3.63, 3.8) is 0 Å². The van der Waals surface area contributed by atoms with E-state index in [1.54, 1.807) is 0 Å². The van der Waals surface area contributed by atoms with E-state index in [1.165, 1.54) is 5.57 Å². The van der Waals surface area contributed by atoms with Gasteiger partial charge in [0.2, 0.25) is 0 Å². The Morgan fingerprint density at radius 3 is 2.19 bits per heavy atom. The van der Waals surface area contributed by atoms with E-state index in [-0.39, 0.29) is 6.61 Å². The van der Waals surface area contributed by atoms with Crippen molar-refractivity contribution >= 4 is 5.78 Å². The third-order valence-electron chi connectivity index (χ3n) is 2.59. The Hall–Kier alpha value is -0.890. The van der Waals surface area contributed by atoms with Crippen LogP contribution in [-0.2, 0) is 4.79 Å². The largest absolute Gasteiger partial charge is 0.392 e. The topological polar surface area (TPSA) is 37.3 Å². The first-order valence-corrected chi connectivity index (χ1v) is 6.04. The summed E-state index contributed by atoms with van der Waals surface area (Å²) in [5.41, 5.74) is 2.35. The van der Waals surface area contributed by atoms with Crippen LogP contribution in [0.3, 0.4) is 0 Å². The van der Waals surface area contributed by atoms with E-state index in [0.29, 0.717) is 18.6 Å². The van der Waals surface area contributed by atoms with Crippen molar-refractivity contribution in [2.45, 2.75) is 52.9 Å². The molecular formula is C14H24O2. The van der Waals surface area contributed by atoms with Gasteiger partial charge in [0.15, 0.2) is 0 Å². The minimum Gasteiger partial charge on any atom is -0.392 e. The summed E-state index contributed by atoms with van der Waals surface area (Å²) in [6, 6.07) is 0. The predicted octanol–water partition coefficient (Wildman–Crippen LogP) is 3.41. The van der Waals surface area contributed by atoms with Crippen molar-refractivity contribution in [2.24, 2.45) is 0 Å². The smallest absolute Gasteiger partial charge is 0.132 e. The SMILES string of the molecule is CCC(=O)CCC=C(C)CCC=C(C)CO. The maximum absolute atomic E-state index is 11.1. The number of Topliss-reactive ketones (excluding diaryl/α,β-unsaturated/α-hetero) is 1. The summed E-state index contributed by atoms with van der Waals surface area (Å²) in [6.45, 7) is 6.08. The molecular weight excluding hydrogens is 200 g/mol. The van der Waals surface area contributed by atoms with E-state index in [9.17, 15) is 4.79 Å². The average Bonchev–Trinajstić information content (AvgIpc) is 2.28. The second kappa shape index (κ2) is 9.34. The zero-order chi connectivity index (χ0) is 12.4. The highest BCUT2D eigenvalue weighted by atomic mass is 16.3. The number of aliphatic hydroxyl groups is 1. The minimum absolute atomic E-state index is 0.147. The number of ketones is 1. The highest BCUT2D eigenvalue weighted by Gasteiger charge is 1.96. The molecule has 92 valence electrons. The van der Waals surface area contributed by atoms with Crippen LogP contribution in [0.15, 0.2) is 23.3 Å². The molecule has 0 rings (SSSR count). The van der Waals surface area contributed by atoms with Crippen molar-refractivity contribution in [1.29, 1.82) is 0 Å². The fraction of sp³-hybridized carbons (Fsp3) is 0.643. The summed E-state index contributed by atoms with van der Waals surface area (Å²) in [5, 5.41) is 8.81. The van der Waals surface area contributed by atoms with Gasteiger partial charge in [-0.25, -0.2) is 0 Å². The Kier molecular flexibility index (Phi) is 8.82. The Bertz CT molecular complexity index is 262. The molecule has 0 heterocycles. The second-order valence-electron chi connectivity index (χ2n) is 4.23. The van der Waals surface area contributed by atoms with Crippen LogP contribution >= 0.6 is 0 Å². The van der Waals surface area contributed by atoms with Gasteiger partial charge >= 0.3 is 0 Å². The molecule has 0 fully saturated rings. The molecule has 0 saturated heterocycles. The lowest BCUT2D eigenvalue weighted by atomic mass is 10.1. The van der Waals surface area contributed by atoms with Crippen LogP contribution < -0.4 is 0 Å². The predicted molar refractivity (Wildman–Crippen MR) is 68.4 cm³/mol. The number of hydrogen-bond donors (Lipinski definition) is 1. The van der Waals surface area contributed by atoms with Crippen LogP contribution in [-0.4, -0.2) is 17.5 Å². The van der Waals surface area contributed by atoms with Crippen molar-refractivity contribution in [2.75, 3.05) is 6.61 Å². The molecule has 0 aromatic rings. The fourth-order valence-electron chi connectivity index (χ4n) is 1.37. The van der Waals surface area contributed by atoms with Crippen LogP contribution in [0.1, 0.15) is 52.9 Å². The summed E-state index contributed by atoms with van der Waals surface area (Å²) in [5.74, 6) is 0.333. The number of hydrogen-bond acceptors (Lipinski definition) is 2. The fourth-order valence-corrected chi connectivity index (χ4v) is 1.37. The van der Waals surface area contributed by atoms with Gasteiger partial charge < -0.3 is 5.11 Å². The first-order valence-electron chi connectivity index (χ1n) is 6.04. The molecule has 16 heavy (non-hydrogen) atoms. The van der Waals surface area contributed by atoms with Crippen LogP contribution in [0.2, 0.25) is 0 Å². The standard InChI is InChI=1S/C14H24O2/c1-4-14(16)10-6-8-12(2)7-5-9-13(3)11-15/h8-9,15H,4-7,10-11H2,1-3H3. The van der Waals surface area contributed by atoms with Crippen LogP contribution in [0.5, 0.6) is 0 Å².